The minimum Gasteiger partial charge on any atom is -0.349 e. The Hall–Kier alpha value is -1.82. The number of hydrogen-bond acceptors (Lipinski definition) is 4. The molecule has 0 radical (unpaired) electrons. The molecule has 6 heteroatoms. The molecular formula is C17H24N4OS. The van der Waals surface area contributed by atoms with Crippen molar-refractivity contribution in [2.75, 3.05) is 5.75 Å². The quantitative estimate of drug-likeness (QED) is 0.689. The number of aromatic amines is 1. The molecule has 0 fully saturated rings. The van der Waals surface area contributed by atoms with Crippen molar-refractivity contribution in [2.24, 2.45) is 0 Å². The van der Waals surface area contributed by atoms with Crippen LogP contribution in [-0.2, 0) is 11.2 Å². The summed E-state index contributed by atoms with van der Waals surface area (Å²) in [6.45, 7) is 4.22. The maximum absolute atomic E-state index is 12.2. The summed E-state index contributed by atoms with van der Waals surface area (Å²) in [5.74, 6) is 1.22. The number of nitrogens with zero attached hydrogens (tertiary/aromatic N) is 2. The van der Waals surface area contributed by atoms with Crippen molar-refractivity contribution >= 4 is 17.7 Å². The summed E-state index contributed by atoms with van der Waals surface area (Å²) in [5.41, 5.74) is 1.15. The fourth-order valence-corrected chi connectivity index (χ4v) is 2.98. The van der Waals surface area contributed by atoms with Crippen LogP contribution in [0.3, 0.4) is 0 Å². The van der Waals surface area contributed by atoms with Crippen LogP contribution in [0.1, 0.15) is 50.5 Å². The van der Waals surface area contributed by atoms with Crippen molar-refractivity contribution in [3.63, 3.8) is 0 Å². The van der Waals surface area contributed by atoms with Gasteiger partial charge in [0.1, 0.15) is 5.82 Å². The van der Waals surface area contributed by atoms with Crippen molar-refractivity contribution in [2.45, 2.75) is 50.7 Å². The fourth-order valence-electron chi connectivity index (χ4n) is 2.35. The highest BCUT2D eigenvalue weighted by Crippen LogP contribution is 2.19. The average Bonchev–Trinajstić information content (AvgIpc) is 3.01. The van der Waals surface area contributed by atoms with Crippen LogP contribution in [0.4, 0.5) is 0 Å². The maximum Gasteiger partial charge on any atom is 0.230 e. The summed E-state index contributed by atoms with van der Waals surface area (Å²) >= 11 is 1.36. The molecule has 0 aliphatic rings. The molecule has 0 saturated heterocycles. The average molecular weight is 332 g/mol. The van der Waals surface area contributed by atoms with Crippen LogP contribution in [0.15, 0.2) is 35.5 Å². The third-order valence-corrected chi connectivity index (χ3v) is 4.29. The molecular weight excluding hydrogens is 308 g/mol. The van der Waals surface area contributed by atoms with Crippen molar-refractivity contribution in [3.05, 3.63) is 41.7 Å². The van der Waals surface area contributed by atoms with E-state index in [0.29, 0.717) is 10.9 Å². The van der Waals surface area contributed by atoms with E-state index in [4.69, 9.17) is 0 Å². The lowest BCUT2D eigenvalue weighted by Gasteiger charge is -2.18. The van der Waals surface area contributed by atoms with Gasteiger partial charge in [-0.3, -0.25) is 9.89 Å². The van der Waals surface area contributed by atoms with Gasteiger partial charge in [0.15, 0.2) is 0 Å². The van der Waals surface area contributed by atoms with Crippen LogP contribution in [0.5, 0.6) is 0 Å². The molecule has 2 N–H and O–H groups in total. The molecule has 0 spiro atoms. The number of amides is 1. The number of benzene rings is 1. The van der Waals surface area contributed by atoms with E-state index in [1.807, 2.05) is 18.2 Å². The molecule has 0 aliphatic carbocycles. The molecule has 1 heterocycles. The van der Waals surface area contributed by atoms with Crippen molar-refractivity contribution in [1.29, 1.82) is 0 Å². The topological polar surface area (TPSA) is 70.7 Å². The number of rotatable bonds is 9. The number of hydrogen-bond donors (Lipinski definition) is 2. The second-order valence-corrected chi connectivity index (χ2v) is 6.37. The molecule has 2 aromatic rings. The predicted molar refractivity (Wildman–Crippen MR) is 93.3 cm³/mol. The SMILES string of the molecule is CCCc1nc(SCC(=O)NC(CCC)c2ccccc2)n[nH]1. The minimum absolute atomic E-state index is 0.0131. The first-order valence-electron chi connectivity index (χ1n) is 8.11. The monoisotopic (exact) mass is 332 g/mol. The van der Waals surface area contributed by atoms with Crippen molar-refractivity contribution < 1.29 is 4.79 Å². The van der Waals surface area contributed by atoms with Gasteiger partial charge in [0.25, 0.3) is 0 Å². The van der Waals surface area contributed by atoms with Gasteiger partial charge in [0, 0.05) is 6.42 Å². The largest absolute Gasteiger partial charge is 0.349 e. The first-order chi connectivity index (χ1) is 11.2. The summed E-state index contributed by atoms with van der Waals surface area (Å²) < 4.78 is 0. The van der Waals surface area contributed by atoms with E-state index >= 15 is 0 Å². The molecule has 1 amide bonds. The Morgan fingerprint density at radius 1 is 1.26 bits per heavy atom. The second kappa shape index (κ2) is 9.35. The molecule has 124 valence electrons. The molecule has 0 bridgehead atoms. The lowest BCUT2D eigenvalue weighted by molar-refractivity contribution is -0.119. The van der Waals surface area contributed by atoms with E-state index in [9.17, 15) is 4.79 Å². The molecule has 2 rings (SSSR count). The first-order valence-corrected chi connectivity index (χ1v) is 9.09. The van der Waals surface area contributed by atoms with E-state index < -0.39 is 0 Å². The first kappa shape index (κ1) is 17.5. The molecule has 1 aromatic heterocycles. The van der Waals surface area contributed by atoms with Gasteiger partial charge >= 0.3 is 0 Å². The third kappa shape index (κ3) is 5.71. The van der Waals surface area contributed by atoms with Gasteiger partial charge in [0.2, 0.25) is 11.1 Å². The van der Waals surface area contributed by atoms with Crippen molar-refractivity contribution in [1.82, 2.24) is 20.5 Å². The standard InChI is InChI=1S/C17H24N4OS/c1-3-8-14(13-10-6-5-7-11-13)18-16(22)12-23-17-19-15(9-4-2)20-21-17/h5-7,10-11,14H,3-4,8-9,12H2,1-2H3,(H,18,22)(H,19,20,21). The van der Waals surface area contributed by atoms with Gasteiger partial charge in [-0.15, -0.1) is 5.10 Å². The van der Waals surface area contributed by atoms with Gasteiger partial charge < -0.3 is 5.32 Å². The molecule has 1 unspecified atom stereocenters. The minimum atomic E-state index is 0.0131. The van der Waals surface area contributed by atoms with Crippen LogP contribution in [0.2, 0.25) is 0 Å². The van der Waals surface area contributed by atoms with Gasteiger partial charge in [0.05, 0.1) is 11.8 Å². The highest BCUT2D eigenvalue weighted by Gasteiger charge is 2.14. The van der Waals surface area contributed by atoms with Crippen LogP contribution >= 0.6 is 11.8 Å². The van der Waals surface area contributed by atoms with Crippen LogP contribution < -0.4 is 5.32 Å². The fraction of sp³-hybridized carbons (Fsp3) is 0.471. The zero-order chi connectivity index (χ0) is 16.5. The molecule has 1 atom stereocenters. The van der Waals surface area contributed by atoms with Crippen LogP contribution in [-0.4, -0.2) is 26.8 Å². The normalized spacial score (nSPS) is 12.1. The Labute approximate surface area is 141 Å². The van der Waals surface area contributed by atoms with E-state index in [1.54, 1.807) is 0 Å². The molecule has 23 heavy (non-hydrogen) atoms. The molecule has 5 nitrogen and oxygen atoms in total. The van der Waals surface area contributed by atoms with Gasteiger partial charge in [-0.05, 0) is 18.4 Å². The van der Waals surface area contributed by atoms with E-state index in [-0.39, 0.29) is 11.9 Å². The summed E-state index contributed by atoms with van der Waals surface area (Å²) in [6.07, 6.45) is 3.86. The second-order valence-electron chi connectivity index (χ2n) is 5.42. The lowest BCUT2D eigenvalue weighted by atomic mass is 10.0. The summed E-state index contributed by atoms with van der Waals surface area (Å²) in [6, 6.07) is 10.2. The lowest BCUT2D eigenvalue weighted by Crippen LogP contribution is -2.29. The number of thioether (sulfide) groups is 1. The van der Waals surface area contributed by atoms with E-state index in [0.717, 1.165) is 37.1 Å². The summed E-state index contributed by atoms with van der Waals surface area (Å²) in [4.78, 5) is 16.6. The highest BCUT2D eigenvalue weighted by molar-refractivity contribution is 7.99. The van der Waals surface area contributed by atoms with Crippen LogP contribution in [0, 0.1) is 0 Å². The summed E-state index contributed by atoms with van der Waals surface area (Å²) in [7, 11) is 0. The Morgan fingerprint density at radius 2 is 2.04 bits per heavy atom. The Morgan fingerprint density at radius 3 is 2.74 bits per heavy atom. The Balaban J connectivity index is 1.86. The van der Waals surface area contributed by atoms with Crippen LogP contribution in [0.25, 0.3) is 0 Å². The van der Waals surface area contributed by atoms with Gasteiger partial charge in [-0.1, -0.05) is 62.4 Å². The Bertz CT molecular complexity index is 600. The van der Waals surface area contributed by atoms with E-state index in [2.05, 4.69) is 46.5 Å². The zero-order valence-corrected chi connectivity index (χ0v) is 14.5. The molecule has 1 aromatic carbocycles. The van der Waals surface area contributed by atoms with Crippen molar-refractivity contribution in [3.8, 4) is 0 Å². The van der Waals surface area contributed by atoms with E-state index in [1.165, 1.54) is 11.8 Å². The summed E-state index contributed by atoms with van der Waals surface area (Å²) in [5, 5.41) is 10.8. The van der Waals surface area contributed by atoms with Gasteiger partial charge in [-0.2, -0.15) is 0 Å². The number of carbonyl (C=O) groups is 1. The molecule has 0 saturated carbocycles. The number of carbonyl (C=O) groups excluding carboxylic acids is 1. The molecule has 0 aliphatic heterocycles. The van der Waals surface area contributed by atoms with Gasteiger partial charge in [-0.25, -0.2) is 4.98 Å². The predicted octanol–water partition coefficient (Wildman–Crippen LogP) is 3.51. The number of H-pyrrole nitrogens is 1. The number of aromatic nitrogens is 3. The zero-order valence-electron chi connectivity index (χ0n) is 13.7. The number of aryl methyl sites for hydroxylation is 1. The third-order valence-electron chi connectivity index (χ3n) is 3.44. The smallest absolute Gasteiger partial charge is 0.230 e. The Kier molecular flexibility index (Phi) is 7.13. The maximum atomic E-state index is 12.2. The highest BCUT2D eigenvalue weighted by atomic mass is 32.2. The number of nitrogens with one attached hydrogen (secondary N) is 2.